The van der Waals surface area contributed by atoms with Gasteiger partial charge in [-0.25, -0.2) is 0 Å². The standard InChI is InChI=1S/C22H20N2O5S2/c1-4-12-29-19-15(6-5-7-17(19)28-3)13-18-21(26)24(22(30)31-18)23-20(25)14-8-10-16(27-2)11-9-14/h4-11,13H,1,12H2,2-3H3,(H,23,25)/b18-13-. The van der Waals surface area contributed by atoms with E-state index in [1.165, 1.54) is 14.2 Å². The van der Waals surface area contributed by atoms with Gasteiger partial charge in [0, 0.05) is 11.1 Å². The molecule has 1 aliphatic rings. The van der Waals surface area contributed by atoms with Crippen LogP contribution < -0.4 is 19.6 Å². The van der Waals surface area contributed by atoms with E-state index in [4.69, 9.17) is 26.4 Å². The number of para-hydroxylation sites is 1. The molecule has 31 heavy (non-hydrogen) atoms. The Balaban J connectivity index is 1.82. The zero-order chi connectivity index (χ0) is 22.4. The van der Waals surface area contributed by atoms with Gasteiger partial charge in [-0.15, -0.1) is 0 Å². The number of nitrogens with zero attached hydrogens (tertiary/aromatic N) is 1. The average Bonchev–Trinajstić information content (AvgIpc) is 3.05. The van der Waals surface area contributed by atoms with Gasteiger partial charge in [0.15, 0.2) is 15.8 Å². The van der Waals surface area contributed by atoms with Crippen molar-refractivity contribution < 1.29 is 23.8 Å². The second kappa shape index (κ2) is 10.1. The van der Waals surface area contributed by atoms with E-state index in [0.717, 1.165) is 16.8 Å². The van der Waals surface area contributed by atoms with Crippen molar-refractivity contribution in [3.8, 4) is 17.2 Å². The van der Waals surface area contributed by atoms with Crippen LogP contribution in [0.3, 0.4) is 0 Å². The number of hydrogen-bond acceptors (Lipinski definition) is 7. The van der Waals surface area contributed by atoms with Crippen molar-refractivity contribution in [2.75, 3.05) is 20.8 Å². The maximum absolute atomic E-state index is 12.9. The maximum atomic E-state index is 12.9. The zero-order valence-corrected chi connectivity index (χ0v) is 18.5. The van der Waals surface area contributed by atoms with Crippen LogP contribution in [0, 0.1) is 0 Å². The summed E-state index contributed by atoms with van der Waals surface area (Å²) in [5.41, 5.74) is 3.56. The third kappa shape index (κ3) is 5.07. The predicted molar refractivity (Wildman–Crippen MR) is 124 cm³/mol. The highest BCUT2D eigenvalue weighted by atomic mass is 32.2. The van der Waals surface area contributed by atoms with E-state index in [1.54, 1.807) is 54.6 Å². The number of methoxy groups -OCH3 is 2. The van der Waals surface area contributed by atoms with E-state index in [9.17, 15) is 9.59 Å². The highest BCUT2D eigenvalue weighted by Gasteiger charge is 2.34. The molecule has 7 nitrogen and oxygen atoms in total. The molecule has 2 amide bonds. The molecule has 0 radical (unpaired) electrons. The van der Waals surface area contributed by atoms with Gasteiger partial charge in [-0.3, -0.25) is 15.0 Å². The number of rotatable bonds is 8. The minimum Gasteiger partial charge on any atom is -0.497 e. The Morgan fingerprint density at radius 3 is 2.58 bits per heavy atom. The van der Waals surface area contributed by atoms with Crippen molar-refractivity contribution in [2.24, 2.45) is 0 Å². The Morgan fingerprint density at radius 1 is 1.19 bits per heavy atom. The van der Waals surface area contributed by atoms with Gasteiger partial charge in [-0.05, 0) is 48.6 Å². The summed E-state index contributed by atoms with van der Waals surface area (Å²) < 4.78 is 16.4. The molecule has 160 valence electrons. The van der Waals surface area contributed by atoms with E-state index in [1.807, 2.05) is 0 Å². The Hall–Kier alpha value is -3.30. The number of carbonyl (C=O) groups excluding carboxylic acids is 2. The summed E-state index contributed by atoms with van der Waals surface area (Å²) in [6, 6.07) is 11.9. The first-order chi connectivity index (χ1) is 15.0. The zero-order valence-electron chi connectivity index (χ0n) is 16.9. The monoisotopic (exact) mass is 456 g/mol. The number of benzene rings is 2. The lowest BCUT2D eigenvalue weighted by molar-refractivity contribution is -0.123. The molecule has 0 bridgehead atoms. The lowest BCUT2D eigenvalue weighted by atomic mass is 10.1. The Morgan fingerprint density at radius 2 is 1.94 bits per heavy atom. The minimum absolute atomic E-state index is 0.217. The number of nitrogens with one attached hydrogen (secondary N) is 1. The van der Waals surface area contributed by atoms with Crippen molar-refractivity contribution >= 4 is 46.2 Å². The molecular formula is C22H20N2O5S2. The van der Waals surface area contributed by atoms with E-state index < -0.39 is 11.8 Å². The fourth-order valence-corrected chi connectivity index (χ4v) is 3.89. The van der Waals surface area contributed by atoms with Gasteiger partial charge in [-0.2, -0.15) is 5.01 Å². The summed E-state index contributed by atoms with van der Waals surface area (Å²) in [4.78, 5) is 25.8. The molecule has 0 atom stereocenters. The fraction of sp³-hybridized carbons (Fsp3) is 0.136. The molecule has 0 aromatic heterocycles. The van der Waals surface area contributed by atoms with Gasteiger partial charge in [0.05, 0.1) is 19.1 Å². The van der Waals surface area contributed by atoms with Crippen LogP contribution >= 0.6 is 24.0 Å². The molecule has 1 aliphatic heterocycles. The van der Waals surface area contributed by atoms with Crippen LogP contribution in [0.25, 0.3) is 6.08 Å². The summed E-state index contributed by atoms with van der Waals surface area (Å²) >= 11 is 6.38. The first kappa shape index (κ1) is 22.4. The molecule has 0 unspecified atom stereocenters. The van der Waals surface area contributed by atoms with Crippen LogP contribution in [0.15, 0.2) is 60.0 Å². The van der Waals surface area contributed by atoms with Crippen LogP contribution in [0.4, 0.5) is 0 Å². The molecule has 3 rings (SSSR count). The molecule has 2 aromatic rings. The molecule has 1 fully saturated rings. The summed E-state index contributed by atoms with van der Waals surface area (Å²) in [6.07, 6.45) is 3.27. The quantitative estimate of drug-likeness (QED) is 0.368. The van der Waals surface area contributed by atoms with Gasteiger partial charge in [-0.1, -0.05) is 36.5 Å². The number of amides is 2. The van der Waals surface area contributed by atoms with Crippen molar-refractivity contribution in [1.29, 1.82) is 0 Å². The van der Waals surface area contributed by atoms with E-state index in [-0.39, 0.29) is 10.9 Å². The van der Waals surface area contributed by atoms with E-state index >= 15 is 0 Å². The Labute approximate surface area is 189 Å². The van der Waals surface area contributed by atoms with Crippen molar-refractivity contribution in [2.45, 2.75) is 0 Å². The van der Waals surface area contributed by atoms with Crippen LogP contribution in [0.5, 0.6) is 17.2 Å². The molecule has 1 saturated heterocycles. The number of hydrazine groups is 1. The summed E-state index contributed by atoms with van der Waals surface area (Å²) in [6.45, 7) is 3.93. The molecule has 0 aliphatic carbocycles. The van der Waals surface area contributed by atoms with Crippen molar-refractivity contribution in [3.05, 3.63) is 71.2 Å². The molecule has 0 spiro atoms. The predicted octanol–water partition coefficient (Wildman–Crippen LogP) is 3.81. The number of thioether (sulfide) groups is 1. The van der Waals surface area contributed by atoms with E-state index in [2.05, 4.69) is 12.0 Å². The minimum atomic E-state index is -0.461. The highest BCUT2D eigenvalue weighted by Crippen LogP contribution is 2.37. The first-order valence-corrected chi connectivity index (χ1v) is 10.3. The summed E-state index contributed by atoms with van der Waals surface area (Å²) in [7, 11) is 3.08. The number of carbonyl (C=O) groups is 2. The largest absolute Gasteiger partial charge is 0.497 e. The smallest absolute Gasteiger partial charge is 0.285 e. The molecule has 2 aromatic carbocycles. The van der Waals surface area contributed by atoms with Crippen LogP contribution in [-0.4, -0.2) is 42.0 Å². The molecule has 0 saturated carbocycles. The second-order valence-corrected chi connectivity index (χ2v) is 7.84. The molecule has 9 heteroatoms. The molecule has 1 heterocycles. The van der Waals surface area contributed by atoms with Gasteiger partial charge in [0.2, 0.25) is 0 Å². The highest BCUT2D eigenvalue weighted by molar-refractivity contribution is 8.26. The maximum Gasteiger partial charge on any atom is 0.285 e. The Kier molecular flexibility index (Phi) is 7.32. The normalized spacial score (nSPS) is 14.5. The lowest BCUT2D eigenvalue weighted by Gasteiger charge is -2.15. The lowest BCUT2D eigenvalue weighted by Crippen LogP contribution is -2.44. The van der Waals surface area contributed by atoms with Gasteiger partial charge < -0.3 is 14.2 Å². The third-order valence-electron chi connectivity index (χ3n) is 4.22. The first-order valence-electron chi connectivity index (χ1n) is 9.12. The summed E-state index contributed by atoms with van der Waals surface area (Å²) in [5.74, 6) is 0.736. The van der Waals surface area contributed by atoms with Crippen molar-refractivity contribution in [3.63, 3.8) is 0 Å². The topological polar surface area (TPSA) is 77.1 Å². The van der Waals surface area contributed by atoms with E-state index in [0.29, 0.717) is 33.3 Å². The SMILES string of the molecule is C=CCOc1c(/C=C2\SC(=S)N(NC(=O)c3ccc(OC)cc3)C2=O)cccc1OC. The van der Waals surface area contributed by atoms with Gasteiger partial charge in [0.25, 0.3) is 11.8 Å². The van der Waals surface area contributed by atoms with Crippen LogP contribution in [-0.2, 0) is 4.79 Å². The number of thiocarbonyl (C=S) groups is 1. The van der Waals surface area contributed by atoms with Crippen molar-refractivity contribution in [1.82, 2.24) is 10.4 Å². The van der Waals surface area contributed by atoms with Crippen LogP contribution in [0.1, 0.15) is 15.9 Å². The number of hydrogen-bond donors (Lipinski definition) is 1. The van der Waals surface area contributed by atoms with Gasteiger partial charge in [0.1, 0.15) is 12.4 Å². The number of ether oxygens (including phenoxy) is 3. The molecular weight excluding hydrogens is 436 g/mol. The molecule has 1 N–H and O–H groups in total. The summed E-state index contributed by atoms with van der Waals surface area (Å²) in [5, 5.41) is 1.06. The third-order valence-corrected chi connectivity index (χ3v) is 5.52. The second-order valence-electron chi connectivity index (χ2n) is 6.16. The Bertz CT molecular complexity index is 1050. The fourth-order valence-electron chi connectivity index (χ4n) is 2.72. The van der Waals surface area contributed by atoms with Crippen LogP contribution in [0.2, 0.25) is 0 Å². The average molecular weight is 457 g/mol. The van der Waals surface area contributed by atoms with Gasteiger partial charge >= 0.3 is 0 Å².